The minimum atomic E-state index is 0. The van der Waals surface area contributed by atoms with Gasteiger partial charge in [-0.2, -0.15) is 0 Å². The van der Waals surface area contributed by atoms with E-state index in [1.54, 1.807) is 0 Å². The Morgan fingerprint density at radius 3 is 1.55 bits per heavy atom. The molecule has 62 valence electrons. The van der Waals surface area contributed by atoms with Crippen LogP contribution in [0.3, 0.4) is 0 Å². The van der Waals surface area contributed by atoms with E-state index in [1.165, 1.54) is 0 Å². The van der Waals surface area contributed by atoms with Gasteiger partial charge in [0.25, 0.3) is 0 Å². The number of rotatable bonds is 0. The number of hydrogen-bond donors (Lipinski definition) is 0. The molecule has 1 nitrogen and oxygen atoms in total. The van der Waals surface area contributed by atoms with Crippen LogP contribution in [0.15, 0.2) is 30.3 Å². The zero-order valence-electron chi connectivity index (χ0n) is 5.61. The highest BCUT2D eigenvalue weighted by Crippen LogP contribution is 2.03. The maximum atomic E-state index is 6.50. The van der Waals surface area contributed by atoms with Crippen LogP contribution in [0.5, 0.6) is 0 Å². The molecule has 1 aromatic carbocycles. The average molecular weight is 213 g/mol. The van der Waals surface area contributed by atoms with Gasteiger partial charge in [0.05, 0.1) is 0 Å². The molecule has 0 saturated carbocycles. The second kappa shape index (κ2) is 12.3. The third-order valence-corrected chi connectivity index (χ3v) is 0.985. The van der Waals surface area contributed by atoms with Gasteiger partial charge in [-0.25, -0.2) is 5.26 Å². The zero-order valence-corrected chi connectivity index (χ0v) is 7.99. The van der Waals surface area contributed by atoms with Gasteiger partial charge in [-0.1, -0.05) is 29.8 Å². The standard InChI is InChI=1S/C6H5Cl.CHN.2ClH/c7-6-4-2-1-3-5-6;1-2;;/h1-5H;1H;2*1H. The first-order chi connectivity index (χ1) is 4.39. The normalized spacial score (nSPS) is 5.73. The molecule has 1 aromatic rings. The molecule has 0 aliphatic heterocycles. The van der Waals surface area contributed by atoms with Gasteiger partial charge in [-0.15, -0.1) is 24.8 Å². The largest absolute Gasteiger partial charge is 0.202 e. The maximum Gasteiger partial charge on any atom is 0.0462 e. The van der Waals surface area contributed by atoms with Crippen molar-refractivity contribution < 1.29 is 0 Å². The van der Waals surface area contributed by atoms with E-state index in [0.29, 0.717) is 0 Å². The summed E-state index contributed by atoms with van der Waals surface area (Å²) in [6, 6.07) is 9.44. The smallest absolute Gasteiger partial charge is 0.0462 e. The van der Waals surface area contributed by atoms with E-state index in [1.807, 2.05) is 30.3 Å². The van der Waals surface area contributed by atoms with Crippen LogP contribution < -0.4 is 0 Å². The highest BCUT2D eigenvalue weighted by Gasteiger charge is 1.74. The lowest BCUT2D eigenvalue weighted by Gasteiger charge is -1.80. The highest BCUT2D eigenvalue weighted by molar-refractivity contribution is 6.30. The third kappa shape index (κ3) is 9.58. The topological polar surface area (TPSA) is 23.8 Å². The quantitative estimate of drug-likeness (QED) is 0.647. The monoisotopic (exact) mass is 211 g/mol. The van der Waals surface area contributed by atoms with E-state index in [2.05, 4.69) is 6.57 Å². The summed E-state index contributed by atoms with van der Waals surface area (Å²) in [4.78, 5) is 0. The van der Waals surface area contributed by atoms with Crippen LogP contribution in [0.25, 0.3) is 0 Å². The first-order valence-electron chi connectivity index (χ1n) is 2.36. The second-order valence-corrected chi connectivity index (χ2v) is 1.73. The van der Waals surface area contributed by atoms with Crippen molar-refractivity contribution in [2.24, 2.45) is 0 Å². The van der Waals surface area contributed by atoms with E-state index < -0.39 is 0 Å². The fourth-order valence-corrected chi connectivity index (χ4v) is 0.560. The van der Waals surface area contributed by atoms with Crippen LogP contribution in [-0.2, 0) is 0 Å². The van der Waals surface area contributed by atoms with Crippen molar-refractivity contribution in [1.82, 2.24) is 0 Å². The summed E-state index contributed by atoms with van der Waals surface area (Å²) < 4.78 is 0. The number of nitriles is 1. The van der Waals surface area contributed by atoms with Crippen LogP contribution in [0.2, 0.25) is 5.02 Å². The molecule has 4 heteroatoms. The SMILES string of the molecule is C#N.Cl.Cl.Clc1ccccc1. The van der Waals surface area contributed by atoms with Crippen molar-refractivity contribution in [3.8, 4) is 6.57 Å². The van der Waals surface area contributed by atoms with Gasteiger partial charge in [0, 0.05) is 11.6 Å². The molecule has 0 saturated heterocycles. The molecule has 0 aromatic heterocycles. The summed E-state index contributed by atoms with van der Waals surface area (Å²) in [6.45, 7) is 3.50. The Labute approximate surface area is 83.8 Å². The lowest BCUT2D eigenvalue weighted by Crippen LogP contribution is -1.55. The van der Waals surface area contributed by atoms with Crippen molar-refractivity contribution in [2.45, 2.75) is 0 Å². The Bertz CT molecular complexity index is 174. The van der Waals surface area contributed by atoms with E-state index in [0.717, 1.165) is 5.02 Å². The fraction of sp³-hybridized carbons (Fsp3) is 0. The summed E-state index contributed by atoms with van der Waals surface area (Å²) in [5.41, 5.74) is 0. The number of halogens is 3. The van der Waals surface area contributed by atoms with Crippen LogP contribution >= 0.6 is 36.4 Å². The van der Waals surface area contributed by atoms with Crippen LogP contribution in [0.4, 0.5) is 0 Å². The molecule has 0 heterocycles. The first kappa shape index (κ1) is 16.9. The Kier molecular flexibility index (Phi) is 18.9. The molecule has 0 N–H and O–H groups in total. The van der Waals surface area contributed by atoms with Crippen LogP contribution in [0.1, 0.15) is 0 Å². The average Bonchev–Trinajstić information content (AvgIpc) is 1.94. The van der Waals surface area contributed by atoms with Gasteiger partial charge in [0.1, 0.15) is 0 Å². The molecule has 1 rings (SSSR count). The van der Waals surface area contributed by atoms with Crippen LogP contribution in [-0.4, -0.2) is 0 Å². The molecule has 0 aliphatic carbocycles. The molecule has 0 fully saturated rings. The Morgan fingerprint density at radius 2 is 1.36 bits per heavy atom. The Morgan fingerprint density at radius 1 is 1.00 bits per heavy atom. The minimum Gasteiger partial charge on any atom is -0.202 e. The van der Waals surface area contributed by atoms with Gasteiger partial charge in [-0.3, -0.25) is 0 Å². The molecule has 0 radical (unpaired) electrons. The third-order valence-electron chi connectivity index (χ3n) is 0.733. The Hall–Kier alpha value is -0.420. The fourth-order valence-electron chi connectivity index (χ4n) is 0.415. The molecule has 0 bridgehead atoms. The molecule has 11 heavy (non-hydrogen) atoms. The predicted molar refractivity (Wildman–Crippen MR) is 52.6 cm³/mol. The summed E-state index contributed by atoms with van der Waals surface area (Å²) in [7, 11) is 0. The minimum absolute atomic E-state index is 0. The van der Waals surface area contributed by atoms with Gasteiger partial charge < -0.3 is 0 Å². The van der Waals surface area contributed by atoms with Crippen molar-refractivity contribution >= 4 is 36.4 Å². The predicted octanol–water partition coefficient (Wildman–Crippen LogP) is 3.32. The number of nitrogens with zero attached hydrogens (tertiary/aromatic N) is 1. The Balaban J connectivity index is -0.000000149. The lowest BCUT2D eigenvalue weighted by atomic mass is 10.4. The summed E-state index contributed by atoms with van der Waals surface area (Å²) in [6.07, 6.45) is 0. The molecule has 0 atom stereocenters. The maximum absolute atomic E-state index is 6.50. The van der Waals surface area contributed by atoms with E-state index in [-0.39, 0.29) is 24.8 Å². The number of hydrogen-bond acceptors (Lipinski definition) is 1. The molecule has 0 amide bonds. The lowest BCUT2D eigenvalue weighted by molar-refractivity contribution is 1.58. The highest BCUT2D eigenvalue weighted by atomic mass is 35.5. The van der Waals surface area contributed by atoms with Gasteiger partial charge in [0.2, 0.25) is 0 Å². The second-order valence-electron chi connectivity index (χ2n) is 1.30. The number of benzene rings is 1. The van der Waals surface area contributed by atoms with E-state index in [9.17, 15) is 0 Å². The zero-order chi connectivity index (χ0) is 7.11. The molecular formula is C7H8Cl3N. The van der Waals surface area contributed by atoms with E-state index >= 15 is 0 Å². The summed E-state index contributed by atoms with van der Waals surface area (Å²) in [5, 5.41) is 7.29. The molecule has 0 unspecified atom stereocenters. The summed E-state index contributed by atoms with van der Waals surface area (Å²) in [5.74, 6) is 0. The molecule has 0 aliphatic rings. The van der Waals surface area contributed by atoms with Crippen molar-refractivity contribution in [1.29, 1.82) is 5.26 Å². The van der Waals surface area contributed by atoms with E-state index in [4.69, 9.17) is 16.9 Å². The van der Waals surface area contributed by atoms with Gasteiger partial charge >= 0.3 is 0 Å². The first-order valence-corrected chi connectivity index (χ1v) is 2.74. The van der Waals surface area contributed by atoms with Gasteiger partial charge in [-0.05, 0) is 12.1 Å². The summed E-state index contributed by atoms with van der Waals surface area (Å²) >= 11 is 5.54. The van der Waals surface area contributed by atoms with Crippen molar-refractivity contribution in [2.75, 3.05) is 0 Å². The molecule has 0 spiro atoms. The van der Waals surface area contributed by atoms with Gasteiger partial charge in [0.15, 0.2) is 0 Å². The van der Waals surface area contributed by atoms with Crippen molar-refractivity contribution in [3.05, 3.63) is 35.4 Å². The van der Waals surface area contributed by atoms with Crippen LogP contribution in [0, 0.1) is 11.8 Å². The van der Waals surface area contributed by atoms with Crippen molar-refractivity contribution in [3.63, 3.8) is 0 Å². The molecular weight excluding hydrogens is 204 g/mol.